The predicted molar refractivity (Wildman–Crippen MR) is 215 cm³/mol. The van der Waals surface area contributed by atoms with Crippen LogP contribution in [0.3, 0.4) is 0 Å². The summed E-state index contributed by atoms with van der Waals surface area (Å²) in [5, 5.41) is 15.5. The summed E-state index contributed by atoms with van der Waals surface area (Å²) in [6.07, 6.45) is 4.74. The van der Waals surface area contributed by atoms with Crippen molar-refractivity contribution in [3.63, 3.8) is 0 Å². The van der Waals surface area contributed by atoms with Gasteiger partial charge in [0.15, 0.2) is 12.1 Å². The SMILES string of the molecule is Nc1ccccc1NC(=O)CCCCCC(=O)NCc1cccc(-c2ccc([C@@H]3O[C@H](CN4CCC5(CC4)OCCO5)C[C@H](c4ccc(CO)cc4)O3)cc2)c1. The largest absolute Gasteiger partial charge is 0.397 e. The fraction of sp³-hybridized carbons (Fsp3) is 0.422. The molecule has 296 valence electrons. The van der Waals surface area contributed by atoms with Crippen molar-refractivity contribution in [1.29, 1.82) is 0 Å². The van der Waals surface area contributed by atoms with Crippen molar-refractivity contribution < 1.29 is 33.6 Å². The van der Waals surface area contributed by atoms with E-state index in [1.165, 1.54) is 0 Å². The van der Waals surface area contributed by atoms with Gasteiger partial charge in [0.25, 0.3) is 0 Å². The van der Waals surface area contributed by atoms with Gasteiger partial charge in [-0.05, 0) is 58.9 Å². The number of benzene rings is 4. The second kappa shape index (κ2) is 19.0. The maximum Gasteiger partial charge on any atom is 0.224 e. The van der Waals surface area contributed by atoms with Crippen LogP contribution in [-0.2, 0) is 41.7 Å². The maximum atomic E-state index is 12.6. The number of hydrogen-bond donors (Lipinski definition) is 4. The van der Waals surface area contributed by atoms with E-state index in [0.717, 1.165) is 78.7 Å². The second-order valence-electron chi connectivity index (χ2n) is 15.1. The van der Waals surface area contributed by atoms with E-state index in [1.807, 2.05) is 48.5 Å². The molecule has 5 N–H and O–H groups in total. The fourth-order valence-corrected chi connectivity index (χ4v) is 7.74. The first-order valence-electron chi connectivity index (χ1n) is 20.0. The Morgan fingerprint density at radius 1 is 0.768 bits per heavy atom. The number of likely N-dealkylation sites (tertiary alicyclic amines) is 1. The third-order valence-electron chi connectivity index (χ3n) is 11.0. The average molecular weight is 763 g/mol. The van der Waals surface area contributed by atoms with Gasteiger partial charge < -0.3 is 45.3 Å². The number of unbranched alkanes of at least 4 members (excludes halogenated alkanes) is 2. The molecular formula is C45H54N4O7. The highest BCUT2D eigenvalue weighted by molar-refractivity contribution is 5.93. The lowest BCUT2D eigenvalue weighted by Crippen LogP contribution is -2.48. The zero-order valence-electron chi connectivity index (χ0n) is 32.0. The van der Waals surface area contributed by atoms with Crippen molar-refractivity contribution in [3.8, 4) is 11.1 Å². The summed E-state index contributed by atoms with van der Waals surface area (Å²) in [5.74, 6) is -0.491. The third-order valence-corrected chi connectivity index (χ3v) is 11.0. The Kier molecular flexibility index (Phi) is 13.4. The summed E-state index contributed by atoms with van der Waals surface area (Å²) in [7, 11) is 0. The minimum absolute atomic E-state index is 0.00394. The first-order chi connectivity index (χ1) is 27.3. The average Bonchev–Trinajstić information content (AvgIpc) is 3.69. The summed E-state index contributed by atoms with van der Waals surface area (Å²) in [6.45, 7) is 4.37. The highest BCUT2D eigenvalue weighted by Crippen LogP contribution is 2.39. The minimum Gasteiger partial charge on any atom is -0.397 e. The summed E-state index contributed by atoms with van der Waals surface area (Å²) in [4.78, 5) is 27.3. The molecule has 0 saturated carbocycles. The normalized spacial score (nSPS) is 20.8. The number of nitrogens with one attached hydrogen (secondary N) is 2. The molecular weight excluding hydrogens is 709 g/mol. The number of carbonyl (C=O) groups is 2. The molecule has 11 heteroatoms. The van der Waals surface area contributed by atoms with Gasteiger partial charge in [0.2, 0.25) is 11.8 Å². The highest BCUT2D eigenvalue weighted by Gasteiger charge is 2.41. The summed E-state index contributed by atoms with van der Waals surface area (Å²) < 4.78 is 25.2. The lowest BCUT2D eigenvalue weighted by Gasteiger charge is -2.41. The molecule has 4 aromatic rings. The van der Waals surface area contributed by atoms with Gasteiger partial charge in [0.1, 0.15) is 0 Å². The number of nitrogens with two attached hydrogens (primary N) is 1. The van der Waals surface area contributed by atoms with Crippen molar-refractivity contribution in [2.75, 3.05) is 43.9 Å². The van der Waals surface area contributed by atoms with E-state index < -0.39 is 12.1 Å². The molecule has 56 heavy (non-hydrogen) atoms. The molecule has 3 aliphatic rings. The van der Waals surface area contributed by atoms with Gasteiger partial charge in [-0.1, -0.05) is 85.3 Å². The van der Waals surface area contributed by atoms with Gasteiger partial charge in [-0.25, -0.2) is 0 Å². The number of rotatable bonds is 15. The molecule has 7 rings (SSSR count). The molecule has 3 atom stereocenters. The number of para-hydroxylation sites is 2. The van der Waals surface area contributed by atoms with E-state index >= 15 is 0 Å². The van der Waals surface area contributed by atoms with Crippen LogP contribution in [0.2, 0.25) is 0 Å². The lowest BCUT2D eigenvalue weighted by atomic mass is 9.98. The second-order valence-corrected chi connectivity index (χ2v) is 15.1. The molecule has 2 amide bonds. The third kappa shape index (κ3) is 10.6. The topological polar surface area (TPSA) is 145 Å². The van der Waals surface area contributed by atoms with Crippen LogP contribution in [0.1, 0.15) is 86.0 Å². The first kappa shape index (κ1) is 39.6. The number of nitrogen functional groups attached to an aromatic ring is 1. The molecule has 0 aliphatic carbocycles. The molecule has 11 nitrogen and oxygen atoms in total. The van der Waals surface area contributed by atoms with E-state index in [9.17, 15) is 14.7 Å². The molecule has 0 bridgehead atoms. The Morgan fingerprint density at radius 2 is 1.48 bits per heavy atom. The number of nitrogens with zero attached hydrogens (tertiary/aromatic N) is 1. The van der Waals surface area contributed by atoms with E-state index in [4.69, 9.17) is 24.7 Å². The van der Waals surface area contributed by atoms with E-state index in [2.05, 4.69) is 51.9 Å². The lowest BCUT2D eigenvalue weighted by molar-refractivity contribution is -0.255. The van der Waals surface area contributed by atoms with Gasteiger partial charge in [0.05, 0.1) is 43.4 Å². The van der Waals surface area contributed by atoms with Crippen molar-refractivity contribution in [3.05, 3.63) is 119 Å². The number of ether oxygens (including phenoxy) is 4. The molecule has 0 radical (unpaired) electrons. The Hall–Kier alpha value is -4.62. The van der Waals surface area contributed by atoms with Gasteiger partial charge >= 0.3 is 0 Å². The van der Waals surface area contributed by atoms with Gasteiger partial charge in [-0.15, -0.1) is 0 Å². The van der Waals surface area contributed by atoms with E-state index in [0.29, 0.717) is 56.8 Å². The van der Waals surface area contributed by atoms with Crippen LogP contribution >= 0.6 is 0 Å². The van der Waals surface area contributed by atoms with Crippen molar-refractivity contribution >= 4 is 23.2 Å². The zero-order valence-corrected chi connectivity index (χ0v) is 32.0. The number of aliphatic hydroxyl groups is 1. The molecule has 0 aromatic heterocycles. The number of piperidine rings is 1. The van der Waals surface area contributed by atoms with Crippen LogP contribution in [0, 0.1) is 0 Å². The molecule has 1 spiro atoms. The van der Waals surface area contributed by atoms with Gasteiger partial charge in [0, 0.05) is 63.8 Å². The van der Waals surface area contributed by atoms with E-state index in [-0.39, 0.29) is 30.6 Å². The van der Waals surface area contributed by atoms with Gasteiger partial charge in [-0.2, -0.15) is 0 Å². The molecule has 3 aliphatic heterocycles. The highest BCUT2D eigenvalue weighted by atomic mass is 16.7. The molecule has 3 fully saturated rings. The minimum atomic E-state index is -0.532. The van der Waals surface area contributed by atoms with Crippen LogP contribution in [0.5, 0.6) is 0 Å². The number of amides is 2. The Morgan fingerprint density at radius 3 is 2.21 bits per heavy atom. The standard InChI is InChI=1S/C45H54N4O7/c46-39-9-4-5-10-40(39)48-43(52)12-3-1-2-11-42(51)47-29-33-7-6-8-37(27-33)34-17-19-36(20-18-34)44-55-38(28-41(56-44)35-15-13-32(31-50)14-16-35)30-49-23-21-45(22-24-49)53-25-26-54-45/h4-10,13-20,27,38,41,44,50H,1-3,11-12,21-26,28-31,46H2,(H,47,51)(H,48,52)/t38-,41+,44+/m0/s1. The summed E-state index contributed by atoms with van der Waals surface area (Å²) >= 11 is 0. The molecule has 4 aromatic carbocycles. The maximum absolute atomic E-state index is 12.6. The molecule has 0 unspecified atom stereocenters. The first-order valence-corrected chi connectivity index (χ1v) is 20.0. The van der Waals surface area contributed by atoms with Crippen LogP contribution in [0.4, 0.5) is 11.4 Å². The number of anilines is 2. The fourth-order valence-electron chi connectivity index (χ4n) is 7.74. The summed E-state index contributed by atoms with van der Waals surface area (Å²) in [5.41, 5.74) is 13.1. The quantitative estimate of drug-likeness (QED) is 0.0742. The Bertz CT molecular complexity index is 1890. The van der Waals surface area contributed by atoms with Crippen molar-refractivity contribution in [2.24, 2.45) is 0 Å². The number of carbonyl (C=O) groups excluding carboxylic acids is 2. The van der Waals surface area contributed by atoms with Crippen LogP contribution in [-0.4, -0.2) is 66.6 Å². The molecule has 3 saturated heterocycles. The summed E-state index contributed by atoms with van der Waals surface area (Å²) in [6, 6.07) is 31.7. The number of hydrogen-bond acceptors (Lipinski definition) is 9. The Balaban J connectivity index is 0.904. The van der Waals surface area contributed by atoms with Crippen LogP contribution < -0.4 is 16.4 Å². The smallest absolute Gasteiger partial charge is 0.224 e. The Labute approximate surface area is 329 Å². The monoisotopic (exact) mass is 762 g/mol. The van der Waals surface area contributed by atoms with Crippen LogP contribution in [0.25, 0.3) is 11.1 Å². The number of aliphatic hydroxyl groups excluding tert-OH is 1. The predicted octanol–water partition coefficient (Wildman–Crippen LogP) is 7.02. The van der Waals surface area contributed by atoms with Crippen LogP contribution in [0.15, 0.2) is 97.1 Å². The van der Waals surface area contributed by atoms with E-state index in [1.54, 1.807) is 12.1 Å². The van der Waals surface area contributed by atoms with Crippen molar-refractivity contribution in [1.82, 2.24) is 10.2 Å². The molecule has 3 heterocycles. The zero-order chi connectivity index (χ0) is 38.7. The van der Waals surface area contributed by atoms with Crippen molar-refractivity contribution in [2.45, 2.75) is 88.8 Å². The van der Waals surface area contributed by atoms with Gasteiger partial charge in [-0.3, -0.25) is 9.59 Å².